The van der Waals surface area contributed by atoms with E-state index in [2.05, 4.69) is 24.2 Å². The van der Waals surface area contributed by atoms with Crippen molar-refractivity contribution in [3.63, 3.8) is 0 Å². The summed E-state index contributed by atoms with van der Waals surface area (Å²) in [5.74, 6) is -0.697. The van der Waals surface area contributed by atoms with E-state index in [-0.39, 0.29) is 6.10 Å². The number of carboxylic acid groups (broad SMARTS) is 1. The molecule has 1 aliphatic carbocycles. The zero-order valence-electron chi connectivity index (χ0n) is 13.6. The molecule has 1 heterocycles. The van der Waals surface area contributed by atoms with Gasteiger partial charge < -0.3 is 14.7 Å². The molecule has 21 heavy (non-hydrogen) atoms. The standard InChI is InChI=1S/C16H30N2O3/c1-4-16(15(19)20,17-13-6-7-13)9-5-10-18(3)14-8-11-21-12(14)2/h12-14,17H,4-11H2,1-3H3,(H,19,20). The van der Waals surface area contributed by atoms with Gasteiger partial charge >= 0.3 is 5.97 Å². The van der Waals surface area contributed by atoms with Crippen LogP contribution in [0.1, 0.15) is 52.4 Å². The Balaban J connectivity index is 1.82. The molecule has 2 N–H and O–H groups in total. The molecule has 0 bridgehead atoms. The minimum atomic E-state index is -0.736. The van der Waals surface area contributed by atoms with Gasteiger partial charge in [0.15, 0.2) is 0 Å². The summed E-state index contributed by atoms with van der Waals surface area (Å²) >= 11 is 0. The number of hydrogen-bond acceptors (Lipinski definition) is 4. The smallest absolute Gasteiger partial charge is 0.323 e. The van der Waals surface area contributed by atoms with Crippen LogP contribution in [0.4, 0.5) is 0 Å². The molecule has 0 spiro atoms. The van der Waals surface area contributed by atoms with E-state index < -0.39 is 11.5 Å². The van der Waals surface area contributed by atoms with E-state index in [0.29, 0.717) is 24.9 Å². The highest BCUT2D eigenvalue weighted by Gasteiger charge is 2.40. The molecule has 0 aromatic carbocycles. The summed E-state index contributed by atoms with van der Waals surface area (Å²) in [6, 6.07) is 0.893. The van der Waals surface area contributed by atoms with Crippen LogP contribution in [-0.2, 0) is 9.53 Å². The van der Waals surface area contributed by atoms with Gasteiger partial charge in [0.1, 0.15) is 5.54 Å². The molecule has 3 atom stereocenters. The van der Waals surface area contributed by atoms with Crippen LogP contribution in [0.15, 0.2) is 0 Å². The van der Waals surface area contributed by atoms with Crippen molar-refractivity contribution in [1.29, 1.82) is 0 Å². The molecule has 5 heteroatoms. The Morgan fingerprint density at radius 1 is 1.43 bits per heavy atom. The van der Waals surface area contributed by atoms with Crippen LogP contribution < -0.4 is 5.32 Å². The lowest BCUT2D eigenvalue weighted by atomic mass is 9.90. The highest BCUT2D eigenvalue weighted by Crippen LogP contribution is 2.28. The molecular formula is C16H30N2O3. The predicted molar refractivity (Wildman–Crippen MR) is 82.5 cm³/mol. The summed E-state index contributed by atoms with van der Waals surface area (Å²) in [7, 11) is 2.12. The third-order valence-electron chi connectivity index (χ3n) is 5.09. The predicted octanol–water partition coefficient (Wildman–Crippen LogP) is 1.86. The maximum absolute atomic E-state index is 11.7. The van der Waals surface area contributed by atoms with Crippen LogP contribution in [0.3, 0.4) is 0 Å². The van der Waals surface area contributed by atoms with Crippen molar-refractivity contribution in [3.05, 3.63) is 0 Å². The lowest BCUT2D eigenvalue weighted by Gasteiger charge is -2.32. The van der Waals surface area contributed by atoms with Crippen molar-refractivity contribution in [2.75, 3.05) is 20.2 Å². The molecule has 2 rings (SSSR count). The number of carboxylic acids is 1. The second-order valence-electron chi connectivity index (χ2n) is 6.68. The molecule has 5 nitrogen and oxygen atoms in total. The van der Waals surface area contributed by atoms with Crippen molar-refractivity contribution in [2.24, 2.45) is 0 Å². The minimum Gasteiger partial charge on any atom is -0.480 e. The molecule has 2 fully saturated rings. The largest absolute Gasteiger partial charge is 0.480 e. The Labute approximate surface area is 128 Å². The van der Waals surface area contributed by atoms with Gasteiger partial charge in [0.25, 0.3) is 0 Å². The quantitative estimate of drug-likeness (QED) is 0.680. The van der Waals surface area contributed by atoms with Gasteiger partial charge in [-0.3, -0.25) is 10.1 Å². The SMILES string of the molecule is CCC(CCCN(C)C1CCOC1C)(NC1CC1)C(=O)O. The molecule has 1 saturated heterocycles. The molecule has 1 aliphatic heterocycles. The van der Waals surface area contributed by atoms with Gasteiger partial charge in [0.05, 0.1) is 6.10 Å². The first-order chi connectivity index (χ1) is 9.98. The summed E-state index contributed by atoms with van der Waals surface area (Å²) in [4.78, 5) is 14.0. The van der Waals surface area contributed by atoms with Gasteiger partial charge in [0, 0.05) is 18.7 Å². The van der Waals surface area contributed by atoms with Crippen molar-refractivity contribution in [3.8, 4) is 0 Å². The van der Waals surface area contributed by atoms with Crippen molar-refractivity contribution in [2.45, 2.75) is 76.1 Å². The van der Waals surface area contributed by atoms with Gasteiger partial charge in [0.2, 0.25) is 0 Å². The Hall–Kier alpha value is -0.650. The zero-order valence-corrected chi connectivity index (χ0v) is 13.6. The number of nitrogens with one attached hydrogen (secondary N) is 1. The van der Waals surface area contributed by atoms with Crippen LogP contribution in [0, 0.1) is 0 Å². The number of rotatable bonds is 9. The average Bonchev–Trinajstić information content (AvgIpc) is 3.15. The number of hydrogen-bond donors (Lipinski definition) is 2. The number of likely N-dealkylation sites (N-methyl/N-ethyl adjacent to an activating group) is 1. The van der Waals surface area contributed by atoms with Crippen LogP contribution >= 0.6 is 0 Å². The normalized spacial score (nSPS) is 28.8. The van der Waals surface area contributed by atoms with E-state index in [9.17, 15) is 9.90 Å². The maximum Gasteiger partial charge on any atom is 0.323 e. The molecule has 0 aromatic heterocycles. The molecule has 3 unspecified atom stereocenters. The summed E-state index contributed by atoms with van der Waals surface area (Å²) in [6.45, 7) is 5.86. The number of carbonyl (C=O) groups is 1. The van der Waals surface area contributed by atoms with E-state index >= 15 is 0 Å². The van der Waals surface area contributed by atoms with Crippen LogP contribution in [-0.4, -0.2) is 59.9 Å². The fraction of sp³-hybridized carbons (Fsp3) is 0.938. The Morgan fingerprint density at radius 2 is 2.14 bits per heavy atom. The molecule has 2 aliphatic rings. The third kappa shape index (κ3) is 4.18. The maximum atomic E-state index is 11.7. The topological polar surface area (TPSA) is 61.8 Å². The van der Waals surface area contributed by atoms with E-state index in [0.717, 1.165) is 38.8 Å². The third-order valence-corrected chi connectivity index (χ3v) is 5.09. The number of nitrogens with zero attached hydrogens (tertiary/aromatic N) is 1. The zero-order chi connectivity index (χ0) is 15.5. The first kappa shape index (κ1) is 16.7. The summed E-state index contributed by atoms with van der Waals surface area (Å²) in [5, 5.41) is 13.0. The second kappa shape index (κ2) is 7.07. The van der Waals surface area contributed by atoms with Gasteiger partial charge in [-0.2, -0.15) is 0 Å². The van der Waals surface area contributed by atoms with Gasteiger partial charge in [-0.05, 0) is 59.0 Å². The van der Waals surface area contributed by atoms with Gasteiger partial charge in [-0.25, -0.2) is 0 Å². The van der Waals surface area contributed by atoms with Crippen LogP contribution in [0.25, 0.3) is 0 Å². The Morgan fingerprint density at radius 3 is 2.62 bits per heavy atom. The number of ether oxygens (including phenoxy) is 1. The second-order valence-corrected chi connectivity index (χ2v) is 6.68. The molecule has 122 valence electrons. The molecule has 0 radical (unpaired) electrons. The monoisotopic (exact) mass is 298 g/mol. The van der Waals surface area contributed by atoms with Crippen LogP contribution in [0.2, 0.25) is 0 Å². The van der Waals surface area contributed by atoms with Gasteiger partial charge in [-0.1, -0.05) is 6.92 Å². The fourth-order valence-corrected chi connectivity index (χ4v) is 3.38. The summed E-state index contributed by atoms with van der Waals surface area (Å²) in [6.07, 6.45) is 5.84. The van der Waals surface area contributed by atoms with Crippen molar-refractivity contribution in [1.82, 2.24) is 10.2 Å². The van der Waals surface area contributed by atoms with E-state index in [4.69, 9.17) is 4.74 Å². The molecule has 0 aromatic rings. The lowest BCUT2D eigenvalue weighted by Crippen LogP contribution is -2.53. The van der Waals surface area contributed by atoms with Crippen molar-refractivity contribution >= 4 is 5.97 Å². The van der Waals surface area contributed by atoms with Gasteiger partial charge in [-0.15, -0.1) is 0 Å². The summed E-state index contributed by atoms with van der Waals surface area (Å²) in [5.41, 5.74) is -0.736. The fourth-order valence-electron chi connectivity index (χ4n) is 3.38. The molecule has 1 saturated carbocycles. The first-order valence-electron chi connectivity index (χ1n) is 8.31. The summed E-state index contributed by atoms with van der Waals surface area (Å²) < 4.78 is 5.61. The molecular weight excluding hydrogens is 268 g/mol. The van der Waals surface area contributed by atoms with E-state index in [1.54, 1.807) is 0 Å². The Kier molecular flexibility index (Phi) is 5.63. The number of aliphatic carboxylic acids is 1. The highest BCUT2D eigenvalue weighted by molar-refractivity contribution is 5.78. The minimum absolute atomic E-state index is 0.287. The first-order valence-corrected chi connectivity index (χ1v) is 8.31. The van der Waals surface area contributed by atoms with E-state index in [1.807, 2.05) is 6.92 Å². The molecule has 0 amide bonds. The average molecular weight is 298 g/mol. The van der Waals surface area contributed by atoms with E-state index in [1.165, 1.54) is 0 Å². The van der Waals surface area contributed by atoms with Crippen LogP contribution in [0.5, 0.6) is 0 Å². The Bertz CT molecular complexity index is 359. The highest BCUT2D eigenvalue weighted by atomic mass is 16.5. The van der Waals surface area contributed by atoms with Crippen molar-refractivity contribution < 1.29 is 14.6 Å². The lowest BCUT2D eigenvalue weighted by molar-refractivity contribution is -0.145.